The summed E-state index contributed by atoms with van der Waals surface area (Å²) in [5.74, 6) is 0.787. The molecule has 1 fully saturated rings. The first-order chi connectivity index (χ1) is 14.2. The SMILES string of the molecule is CCOc1cccc([C@H](O)CN(C)Cc2c([C@H]3CCCO3)[nH]c3ncccc23)c1. The Bertz CT molecular complexity index is 949. The maximum atomic E-state index is 10.8. The maximum Gasteiger partial charge on any atom is 0.137 e. The molecule has 0 bridgehead atoms. The molecule has 29 heavy (non-hydrogen) atoms. The van der Waals surface area contributed by atoms with Crippen LogP contribution in [0.5, 0.6) is 5.75 Å². The zero-order valence-corrected chi connectivity index (χ0v) is 17.1. The normalized spacial score (nSPS) is 17.9. The molecule has 6 nitrogen and oxygen atoms in total. The molecular formula is C23H29N3O3. The fourth-order valence-corrected chi connectivity index (χ4v) is 4.06. The van der Waals surface area contributed by atoms with Crippen molar-refractivity contribution in [2.75, 3.05) is 26.8 Å². The standard InChI is InChI=1S/C23H29N3O3/c1-3-28-17-8-4-7-16(13-17)20(27)15-26(2)14-19-18-9-5-11-24-23(18)25-22(19)21-10-6-12-29-21/h4-5,7-9,11,13,20-21,27H,3,6,10,12,14-15H2,1-2H3,(H,24,25)/t20-,21-/m1/s1. The molecule has 1 aliphatic heterocycles. The van der Waals surface area contributed by atoms with E-state index < -0.39 is 6.10 Å². The highest BCUT2D eigenvalue weighted by molar-refractivity contribution is 5.81. The van der Waals surface area contributed by atoms with E-state index in [0.717, 1.165) is 47.5 Å². The number of fused-ring (bicyclic) bond motifs is 1. The Balaban J connectivity index is 1.52. The number of pyridine rings is 1. The number of H-pyrrole nitrogens is 1. The van der Waals surface area contributed by atoms with E-state index in [-0.39, 0.29) is 6.10 Å². The number of nitrogens with zero attached hydrogens (tertiary/aromatic N) is 2. The van der Waals surface area contributed by atoms with Crippen LogP contribution in [0.4, 0.5) is 0 Å². The molecule has 6 heteroatoms. The number of nitrogens with one attached hydrogen (secondary N) is 1. The summed E-state index contributed by atoms with van der Waals surface area (Å²) < 4.78 is 11.5. The fourth-order valence-electron chi connectivity index (χ4n) is 4.06. The predicted molar refractivity (Wildman–Crippen MR) is 113 cm³/mol. The van der Waals surface area contributed by atoms with Gasteiger partial charge in [-0.15, -0.1) is 0 Å². The molecule has 0 amide bonds. The Labute approximate surface area is 171 Å². The summed E-state index contributed by atoms with van der Waals surface area (Å²) in [6.45, 7) is 4.60. The third-order valence-corrected chi connectivity index (χ3v) is 5.43. The summed E-state index contributed by atoms with van der Waals surface area (Å²) in [4.78, 5) is 10.1. The van der Waals surface area contributed by atoms with E-state index in [1.807, 2.05) is 44.3 Å². The monoisotopic (exact) mass is 395 g/mol. The van der Waals surface area contributed by atoms with Crippen molar-refractivity contribution in [2.45, 2.75) is 38.5 Å². The van der Waals surface area contributed by atoms with Crippen LogP contribution in [-0.4, -0.2) is 46.8 Å². The van der Waals surface area contributed by atoms with Crippen LogP contribution >= 0.6 is 0 Å². The van der Waals surface area contributed by atoms with Gasteiger partial charge in [0.15, 0.2) is 0 Å². The van der Waals surface area contributed by atoms with E-state index in [9.17, 15) is 5.11 Å². The number of ether oxygens (including phenoxy) is 2. The minimum Gasteiger partial charge on any atom is -0.494 e. The predicted octanol–water partition coefficient (Wildman–Crippen LogP) is 3.98. The van der Waals surface area contributed by atoms with E-state index in [0.29, 0.717) is 19.7 Å². The van der Waals surface area contributed by atoms with Crippen LogP contribution < -0.4 is 4.74 Å². The first-order valence-electron chi connectivity index (χ1n) is 10.3. The molecule has 1 aromatic carbocycles. The molecule has 2 N–H and O–H groups in total. The Kier molecular flexibility index (Phi) is 6.13. The van der Waals surface area contributed by atoms with Gasteiger partial charge < -0.3 is 19.6 Å². The van der Waals surface area contributed by atoms with Crippen molar-refractivity contribution in [2.24, 2.45) is 0 Å². The number of likely N-dealkylation sites (N-methyl/N-ethyl adjacent to an activating group) is 1. The lowest BCUT2D eigenvalue weighted by atomic mass is 10.1. The highest BCUT2D eigenvalue weighted by Crippen LogP contribution is 2.34. The second kappa shape index (κ2) is 8.95. The molecule has 1 aliphatic rings. The summed E-state index contributed by atoms with van der Waals surface area (Å²) in [6, 6.07) is 11.8. The van der Waals surface area contributed by atoms with Crippen LogP contribution in [0.15, 0.2) is 42.6 Å². The smallest absolute Gasteiger partial charge is 0.137 e. The van der Waals surface area contributed by atoms with Gasteiger partial charge in [-0.3, -0.25) is 4.90 Å². The lowest BCUT2D eigenvalue weighted by molar-refractivity contribution is 0.105. The van der Waals surface area contributed by atoms with Crippen molar-refractivity contribution >= 4 is 11.0 Å². The minimum absolute atomic E-state index is 0.0976. The maximum absolute atomic E-state index is 10.8. The van der Waals surface area contributed by atoms with Gasteiger partial charge in [0.2, 0.25) is 0 Å². The third kappa shape index (κ3) is 4.45. The van der Waals surface area contributed by atoms with Crippen molar-refractivity contribution in [1.82, 2.24) is 14.9 Å². The van der Waals surface area contributed by atoms with Crippen molar-refractivity contribution < 1.29 is 14.6 Å². The Hall–Kier alpha value is -2.41. The number of rotatable bonds is 8. The summed E-state index contributed by atoms with van der Waals surface area (Å²) in [5, 5.41) is 11.9. The minimum atomic E-state index is -0.588. The van der Waals surface area contributed by atoms with E-state index in [4.69, 9.17) is 9.47 Å². The molecular weight excluding hydrogens is 366 g/mol. The fraction of sp³-hybridized carbons (Fsp3) is 0.435. The van der Waals surface area contributed by atoms with E-state index in [1.165, 1.54) is 5.56 Å². The molecule has 3 heterocycles. The molecule has 154 valence electrons. The van der Waals surface area contributed by atoms with Crippen LogP contribution in [0.3, 0.4) is 0 Å². The number of hydrogen-bond donors (Lipinski definition) is 2. The van der Waals surface area contributed by atoms with Crippen LogP contribution in [0.1, 0.15) is 48.8 Å². The van der Waals surface area contributed by atoms with E-state index >= 15 is 0 Å². The number of aliphatic hydroxyl groups is 1. The molecule has 4 rings (SSSR count). The zero-order valence-electron chi connectivity index (χ0n) is 17.1. The van der Waals surface area contributed by atoms with E-state index in [2.05, 4.69) is 20.9 Å². The van der Waals surface area contributed by atoms with Crippen LogP contribution in [0.2, 0.25) is 0 Å². The molecule has 0 unspecified atom stereocenters. The van der Waals surface area contributed by atoms with Crippen LogP contribution in [0.25, 0.3) is 11.0 Å². The lowest BCUT2D eigenvalue weighted by Gasteiger charge is -2.22. The topological polar surface area (TPSA) is 70.6 Å². The average Bonchev–Trinajstić information content (AvgIpc) is 3.37. The second-order valence-electron chi connectivity index (χ2n) is 7.64. The molecule has 0 radical (unpaired) electrons. The van der Waals surface area contributed by atoms with Gasteiger partial charge in [-0.2, -0.15) is 0 Å². The lowest BCUT2D eigenvalue weighted by Crippen LogP contribution is -2.25. The summed E-state index contributed by atoms with van der Waals surface area (Å²) >= 11 is 0. The molecule has 0 aliphatic carbocycles. The number of aromatic amines is 1. The van der Waals surface area contributed by atoms with Crippen LogP contribution in [0, 0.1) is 0 Å². The van der Waals surface area contributed by atoms with Gasteiger partial charge in [0.05, 0.1) is 24.5 Å². The Morgan fingerprint density at radius 2 is 2.24 bits per heavy atom. The molecule has 1 saturated heterocycles. The van der Waals surface area contributed by atoms with Crippen molar-refractivity contribution in [3.05, 3.63) is 59.4 Å². The van der Waals surface area contributed by atoms with Gasteiger partial charge in [-0.1, -0.05) is 12.1 Å². The largest absolute Gasteiger partial charge is 0.494 e. The van der Waals surface area contributed by atoms with Gasteiger partial charge >= 0.3 is 0 Å². The first kappa shape index (κ1) is 19.9. The van der Waals surface area contributed by atoms with E-state index in [1.54, 1.807) is 6.20 Å². The van der Waals surface area contributed by atoms with Crippen molar-refractivity contribution in [1.29, 1.82) is 0 Å². The van der Waals surface area contributed by atoms with Crippen molar-refractivity contribution in [3.63, 3.8) is 0 Å². The van der Waals surface area contributed by atoms with Gasteiger partial charge in [0.25, 0.3) is 0 Å². The molecule has 0 saturated carbocycles. The van der Waals surface area contributed by atoms with Gasteiger partial charge in [0, 0.05) is 31.3 Å². The van der Waals surface area contributed by atoms with Gasteiger partial charge in [-0.05, 0) is 62.2 Å². The summed E-state index contributed by atoms with van der Waals surface area (Å²) in [6.07, 6.45) is 3.42. The highest BCUT2D eigenvalue weighted by Gasteiger charge is 2.25. The molecule has 2 atom stereocenters. The molecule has 2 aromatic heterocycles. The summed E-state index contributed by atoms with van der Waals surface area (Å²) in [5.41, 5.74) is 4.09. The second-order valence-corrected chi connectivity index (χ2v) is 7.64. The number of hydrogen-bond acceptors (Lipinski definition) is 5. The van der Waals surface area contributed by atoms with Crippen LogP contribution in [-0.2, 0) is 11.3 Å². The quantitative estimate of drug-likeness (QED) is 0.604. The first-order valence-corrected chi connectivity index (χ1v) is 10.3. The Morgan fingerprint density at radius 1 is 1.34 bits per heavy atom. The average molecular weight is 396 g/mol. The highest BCUT2D eigenvalue weighted by atomic mass is 16.5. The number of aromatic nitrogens is 2. The number of aliphatic hydroxyl groups excluding tert-OH is 1. The summed E-state index contributed by atoms with van der Waals surface area (Å²) in [7, 11) is 2.03. The van der Waals surface area contributed by atoms with Crippen molar-refractivity contribution in [3.8, 4) is 5.75 Å². The molecule has 0 spiro atoms. The number of benzene rings is 1. The zero-order chi connectivity index (χ0) is 20.2. The van der Waals surface area contributed by atoms with Gasteiger partial charge in [0.1, 0.15) is 11.4 Å². The molecule has 3 aromatic rings. The third-order valence-electron chi connectivity index (χ3n) is 5.43. The van der Waals surface area contributed by atoms with Gasteiger partial charge in [-0.25, -0.2) is 4.98 Å². The Morgan fingerprint density at radius 3 is 3.03 bits per heavy atom.